The number of hydrogen-bond donors (Lipinski definition) is 0. The Morgan fingerprint density at radius 2 is 1.72 bits per heavy atom. The maximum atomic E-state index is 13.6. The lowest BCUT2D eigenvalue weighted by molar-refractivity contribution is -0.142. The number of thiophene rings is 1. The summed E-state index contributed by atoms with van der Waals surface area (Å²) in [6, 6.07) is 20.2. The van der Waals surface area contributed by atoms with Crippen LogP contribution in [0.15, 0.2) is 66.7 Å². The minimum Gasteiger partial charge on any atom is -0.376 e. The summed E-state index contributed by atoms with van der Waals surface area (Å²) in [4.78, 5) is 32.6. The Balaban J connectivity index is 1.48. The average Bonchev–Trinajstić information content (AvgIpc) is 3.55. The number of benzene rings is 2. The summed E-state index contributed by atoms with van der Waals surface area (Å²) >= 11 is 1.65. The monoisotopic (exact) mass is 508 g/mol. The molecule has 0 aliphatic carbocycles. The largest absolute Gasteiger partial charge is 0.376 e. The van der Waals surface area contributed by atoms with Crippen molar-refractivity contribution in [2.45, 2.75) is 51.8 Å². The Morgan fingerprint density at radius 3 is 2.39 bits per heavy atom. The van der Waals surface area contributed by atoms with Gasteiger partial charge in [0.25, 0.3) is 0 Å². The molecule has 0 saturated carbocycles. The number of hydrogen-bond acceptors (Lipinski definition) is 4. The molecule has 3 aromatic rings. The van der Waals surface area contributed by atoms with Gasteiger partial charge in [0.05, 0.1) is 19.2 Å². The van der Waals surface area contributed by atoms with Crippen LogP contribution in [0.25, 0.3) is 0 Å². The number of nitrogens with zero attached hydrogens (tertiary/aromatic N) is 2. The van der Waals surface area contributed by atoms with E-state index in [1.54, 1.807) is 33.3 Å². The maximum absolute atomic E-state index is 13.6. The Hall–Kier alpha value is -3.03. The van der Waals surface area contributed by atoms with Gasteiger partial charge in [0.1, 0.15) is 5.82 Å². The first-order chi connectivity index (χ1) is 17.5. The molecular formula is C29H33FN2O3S. The quantitative estimate of drug-likeness (QED) is 0.350. The van der Waals surface area contributed by atoms with Crippen molar-refractivity contribution < 1.29 is 18.7 Å². The van der Waals surface area contributed by atoms with E-state index >= 15 is 0 Å². The molecule has 1 aliphatic rings. The third kappa shape index (κ3) is 7.73. The zero-order valence-electron chi connectivity index (χ0n) is 20.7. The summed E-state index contributed by atoms with van der Waals surface area (Å²) in [5.74, 6) is -0.481. The normalized spacial score (nSPS) is 15.1. The highest BCUT2D eigenvalue weighted by Crippen LogP contribution is 2.20. The first kappa shape index (κ1) is 26.0. The summed E-state index contributed by atoms with van der Waals surface area (Å²) in [5, 5.41) is 0. The van der Waals surface area contributed by atoms with Gasteiger partial charge in [0.2, 0.25) is 11.8 Å². The number of carbonyl (C=O) groups excluding carboxylic acids is 2. The van der Waals surface area contributed by atoms with Crippen LogP contribution in [0.3, 0.4) is 0 Å². The third-order valence-corrected chi connectivity index (χ3v) is 7.36. The maximum Gasteiger partial charge on any atom is 0.242 e. The fourth-order valence-electron chi connectivity index (χ4n) is 4.41. The van der Waals surface area contributed by atoms with Gasteiger partial charge in [0, 0.05) is 35.9 Å². The summed E-state index contributed by atoms with van der Waals surface area (Å²) in [5.41, 5.74) is 1.94. The zero-order chi connectivity index (χ0) is 25.3. The number of aryl methyl sites for hydroxylation is 2. The van der Waals surface area contributed by atoms with Crippen LogP contribution >= 0.6 is 11.3 Å². The molecule has 1 unspecified atom stereocenters. The minimum atomic E-state index is -0.308. The molecule has 1 fully saturated rings. The fraction of sp³-hybridized carbons (Fsp3) is 0.379. The highest BCUT2D eigenvalue weighted by atomic mass is 32.1. The van der Waals surface area contributed by atoms with E-state index in [0.717, 1.165) is 28.8 Å². The number of ether oxygens (including phenoxy) is 1. The number of halogens is 1. The second kappa shape index (κ2) is 12.8. The van der Waals surface area contributed by atoms with Crippen LogP contribution in [0.1, 0.15) is 40.1 Å². The molecule has 1 aromatic heterocycles. The molecule has 190 valence electrons. The molecule has 0 N–H and O–H groups in total. The van der Waals surface area contributed by atoms with Crippen LogP contribution in [0.5, 0.6) is 0 Å². The van der Waals surface area contributed by atoms with E-state index in [1.165, 1.54) is 17.0 Å². The molecule has 0 spiro atoms. The van der Waals surface area contributed by atoms with Crippen LogP contribution in [0, 0.1) is 12.7 Å². The van der Waals surface area contributed by atoms with Gasteiger partial charge < -0.3 is 14.5 Å². The molecular weight excluding hydrogens is 475 g/mol. The van der Waals surface area contributed by atoms with Gasteiger partial charge in [0.15, 0.2) is 0 Å². The molecule has 2 heterocycles. The van der Waals surface area contributed by atoms with Crippen LogP contribution in [-0.2, 0) is 33.8 Å². The number of carbonyl (C=O) groups is 2. The van der Waals surface area contributed by atoms with Crippen molar-refractivity contribution in [2.75, 3.05) is 19.7 Å². The van der Waals surface area contributed by atoms with Crippen LogP contribution in [0.4, 0.5) is 4.39 Å². The van der Waals surface area contributed by atoms with Gasteiger partial charge in [-0.15, -0.1) is 11.3 Å². The van der Waals surface area contributed by atoms with Gasteiger partial charge in [-0.1, -0.05) is 42.5 Å². The standard InChI is InChI=1S/C29H33FN2O3S/c1-22-9-15-27(36-22)20-31(18-24-10-13-25(30)14-11-24)29(34)21-32(19-26-8-5-17-35-26)28(33)16-12-23-6-3-2-4-7-23/h2-4,6-7,9-11,13-15,26H,5,8,12,16-21H2,1H3. The predicted octanol–water partition coefficient (Wildman–Crippen LogP) is 5.36. The van der Waals surface area contributed by atoms with E-state index in [2.05, 4.69) is 0 Å². The molecule has 2 aromatic carbocycles. The van der Waals surface area contributed by atoms with E-state index in [-0.39, 0.29) is 30.3 Å². The lowest BCUT2D eigenvalue weighted by Crippen LogP contribution is -2.45. The second-order valence-electron chi connectivity index (χ2n) is 9.28. The first-order valence-corrected chi connectivity index (χ1v) is 13.3. The molecule has 5 nitrogen and oxygen atoms in total. The van der Waals surface area contributed by atoms with Gasteiger partial charge in [-0.2, -0.15) is 0 Å². The number of rotatable bonds is 11. The lowest BCUT2D eigenvalue weighted by atomic mass is 10.1. The van der Waals surface area contributed by atoms with E-state index in [9.17, 15) is 14.0 Å². The molecule has 1 atom stereocenters. The molecule has 4 rings (SSSR count). The lowest BCUT2D eigenvalue weighted by Gasteiger charge is -2.29. The first-order valence-electron chi connectivity index (χ1n) is 12.5. The Bertz CT molecular complexity index is 1130. The molecule has 2 amide bonds. The van der Waals surface area contributed by atoms with Gasteiger partial charge in [-0.05, 0) is 61.6 Å². The van der Waals surface area contributed by atoms with Crippen molar-refractivity contribution in [3.05, 3.63) is 93.4 Å². The third-order valence-electron chi connectivity index (χ3n) is 6.38. The fourth-order valence-corrected chi connectivity index (χ4v) is 5.31. The van der Waals surface area contributed by atoms with Crippen molar-refractivity contribution in [1.29, 1.82) is 0 Å². The molecule has 1 aliphatic heterocycles. The predicted molar refractivity (Wildman–Crippen MR) is 140 cm³/mol. The van der Waals surface area contributed by atoms with E-state index in [1.807, 2.05) is 49.4 Å². The Morgan fingerprint density at radius 1 is 0.944 bits per heavy atom. The SMILES string of the molecule is Cc1ccc(CN(Cc2ccc(F)cc2)C(=O)CN(CC2CCCO2)C(=O)CCc2ccccc2)s1. The summed E-state index contributed by atoms with van der Waals surface area (Å²) in [6.07, 6.45) is 2.79. The smallest absolute Gasteiger partial charge is 0.242 e. The van der Waals surface area contributed by atoms with Crippen molar-refractivity contribution in [1.82, 2.24) is 9.80 Å². The van der Waals surface area contributed by atoms with Crippen LogP contribution in [-0.4, -0.2) is 47.4 Å². The molecule has 7 heteroatoms. The van der Waals surface area contributed by atoms with Crippen molar-refractivity contribution in [2.24, 2.45) is 0 Å². The molecule has 36 heavy (non-hydrogen) atoms. The van der Waals surface area contributed by atoms with Crippen molar-refractivity contribution in [3.63, 3.8) is 0 Å². The zero-order valence-corrected chi connectivity index (χ0v) is 21.5. The Labute approximate surface area is 216 Å². The number of amides is 2. The van der Waals surface area contributed by atoms with Gasteiger partial charge in [-0.25, -0.2) is 4.39 Å². The van der Waals surface area contributed by atoms with Crippen molar-refractivity contribution in [3.8, 4) is 0 Å². The van der Waals surface area contributed by atoms with E-state index in [0.29, 0.717) is 39.1 Å². The van der Waals surface area contributed by atoms with Crippen LogP contribution < -0.4 is 0 Å². The highest BCUT2D eigenvalue weighted by molar-refractivity contribution is 7.11. The minimum absolute atomic E-state index is 0.000957. The highest BCUT2D eigenvalue weighted by Gasteiger charge is 2.26. The average molecular weight is 509 g/mol. The summed E-state index contributed by atoms with van der Waals surface area (Å²) < 4.78 is 19.2. The molecule has 0 bridgehead atoms. The van der Waals surface area contributed by atoms with Gasteiger partial charge in [-0.3, -0.25) is 9.59 Å². The van der Waals surface area contributed by atoms with Crippen molar-refractivity contribution >= 4 is 23.2 Å². The second-order valence-corrected chi connectivity index (χ2v) is 10.7. The van der Waals surface area contributed by atoms with Gasteiger partial charge >= 0.3 is 0 Å². The summed E-state index contributed by atoms with van der Waals surface area (Å²) in [7, 11) is 0. The van der Waals surface area contributed by atoms with Crippen LogP contribution in [0.2, 0.25) is 0 Å². The molecule has 1 saturated heterocycles. The molecule has 0 radical (unpaired) electrons. The van der Waals surface area contributed by atoms with E-state index < -0.39 is 0 Å². The van der Waals surface area contributed by atoms with E-state index in [4.69, 9.17) is 4.74 Å². The summed E-state index contributed by atoms with van der Waals surface area (Å²) in [6.45, 7) is 3.94. The topological polar surface area (TPSA) is 49.9 Å². The Kier molecular flexibility index (Phi) is 9.25.